The minimum absolute atomic E-state index is 0.494. The molecule has 1 aromatic heterocycles. The highest BCUT2D eigenvalue weighted by molar-refractivity contribution is 5.83. The third-order valence-electron chi connectivity index (χ3n) is 3.38. The highest BCUT2D eigenvalue weighted by atomic mass is 16.4. The second-order valence-electron chi connectivity index (χ2n) is 4.73. The van der Waals surface area contributed by atoms with E-state index in [9.17, 15) is 4.79 Å². The van der Waals surface area contributed by atoms with Gasteiger partial charge in [-0.3, -0.25) is 4.90 Å². The quantitative estimate of drug-likeness (QED) is 0.856. The van der Waals surface area contributed by atoms with E-state index in [1.54, 1.807) is 6.07 Å². The Hall–Kier alpha value is -1.62. The zero-order chi connectivity index (χ0) is 13.0. The van der Waals surface area contributed by atoms with Gasteiger partial charge in [0, 0.05) is 12.7 Å². The fourth-order valence-corrected chi connectivity index (χ4v) is 2.25. The molecule has 0 saturated carbocycles. The Bertz CT molecular complexity index is 416. The van der Waals surface area contributed by atoms with Gasteiger partial charge >= 0.3 is 6.09 Å². The lowest BCUT2D eigenvalue weighted by atomic mass is 9.93. The van der Waals surface area contributed by atoms with Crippen LogP contribution in [0, 0.1) is 5.92 Å². The molecule has 1 aliphatic rings. The Morgan fingerprint density at radius 3 is 2.89 bits per heavy atom. The number of carbonyl (C=O) groups is 1. The lowest BCUT2D eigenvalue weighted by Gasteiger charge is -2.22. The fourth-order valence-electron chi connectivity index (χ4n) is 2.25. The molecule has 98 valence electrons. The van der Waals surface area contributed by atoms with Gasteiger partial charge in [0.25, 0.3) is 0 Å². The Morgan fingerprint density at radius 1 is 1.50 bits per heavy atom. The molecule has 0 radical (unpaired) electrons. The van der Waals surface area contributed by atoms with Crippen molar-refractivity contribution in [2.45, 2.75) is 19.3 Å². The number of pyridine rings is 1. The van der Waals surface area contributed by atoms with Gasteiger partial charge in [-0.1, -0.05) is 6.07 Å². The predicted molar refractivity (Wildman–Crippen MR) is 70.0 cm³/mol. The van der Waals surface area contributed by atoms with Crippen LogP contribution in [0.2, 0.25) is 0 Å². The number of amides is 1. The van der Waals surface area contributed by atoms with E-state index in [2.05, 4.69) is 10.3 Å². The molecule has 2 N–H and O–H groups in total. The molecule has 1 saturated heterocycles. The molecular formula is C13H19N3O2. The third-order valence-corrected chi connectivity index (χ3v) is 3.38. The van der Waals surface area contributed by atoms with E-state index in [-0.39, 0.29) is 0 Å². The number of nitrogens with one attached hydrogen (secondary N) is 1. The highest BCUT2D eigenvalue weighted by Gasteiger charge is 2.15. The average Bonchev–Trinajstić information content (AvgIpc) is 2.39. The maximum Gasteiger partial charge on any atom is 0.412 e. The molecule has 18 heavy (non-hydrogen) atoms. The van der Waals surface area contributed by atoms with Gasteiger partial charge in [-0.2, -0.15) is 0 Å². The van der Waals surface area contributed by atoms with E-state index in [0.717, 1.165) is 30.1 Å². The van der Waals surface area contributed by atoms with Gasteiger partial charge in [-0.05, 0) is 50.4 Å². The van der Waals surface area contributed by atoms with Crippen molar-refractivity contribution in [3.05, 3.63) is 23.9 Å². The first-order chi connectivity index (χ1) is 8.66. The largest absolute Gasteiger partial charge is 0.465 e. The Labute approximate surface area is 107 Å². The summed E-state index contributed by atoms with van der Waals surface area (Å²) in [7, 11) is 1.51. The summed E-state index contributed by atoms with van der Waals surface area (Å²) in [5, 5.41) is 12.3. The van der Waals surface area contributed by atoms with Gasteiger partial charge < -0.3 is 10.4 Å². The number of piperidine rings is 1. The monoisotopic (exact) mass is 249 g/mol. The zero-order valence-corrected chi connectivity index (χ0v) is 10.6. The summed E-state index contributed by atoms with van der Waals surface area (Å²) in [6, 6.07) is 5.57. The lowest BCUT2D eigenvalue weighted by molar-refractivity contribution is 0.203. The van der Waals surface area contributed by atoms with Crippen molar-refractivity contribution in [3.8, 4) is 0 Å². The van der Waals surface area contributed by atoms with Crippen LogP contribution in [0.1, 0.15) is 18.5 Å². The molecule has 2 rings (SSSR count). The van der Waals surface area contributed by atoms with Crippen molar-refractivity contribution in [1.82, 2.24) is 10.3 Å². The van der Waals surface area contributed by atoms with E-state index in [1.807, 2.05) is 12.1 Å². The Kier molecular flexibility index (Phi) is 4.15. The van der Waals surface area contributed by atoms with Crippen LogP contribution in [0.4, 0.5) is 10.6 Å². The molecule has 1 amide bonds. The number of anilines is 1. The van der Waals surface area contributed by atoms with E-state index < -0.39 is 6.09 Å². The first-order valence-corrected chi connectivity index (χ1v) is 6.30. The number of rotatable bonds is 3. The minimum Gasteiger partial charge on any atom is -0.465 e. The van der Waals surface area contributed by atoms with Crippen molar-refractivity contribution in [2.75, 3.05) is 25.0 Å². The summed E-state index contributed by atoms with van der Waals surface area (Å²) in [4.78, 5) is 16.4. The standard InChI is InChI=1S/C13H19N3O2/c1-16(13(17)18)12-4-2-3-11(15-12)9-10-5-7-14-8-6-10/h2-4,10,14H,5-9H2,1H3,(H,17,18). The summed E-state index contributed by atoms with van der Waals surface area (Å²) in [5.41, 5.74) is 0.979. The van der Waals surface area contributed by atoms with Gasteiger partial charge in [0.1, 0.15) is 5.82 Å². The SMILES string of the molecule is CN(C(=O)O)c1cccc(CC2CCNCC2)n1. The summed E-state index contributed by atoms with van der Waals surface area (Å²) in [5.74, 6) is 1.15. The summed E-state index contributed by atoms with van der Waals surface area (Å²) in [6.45, 7) is 2.14. The first kappa shape index (κ1) is 12.8. The van der Waals surface area contributed by atoms with Crippen LogP contribution < -0.4 is 10.2 Å². The van der Waals surface area contributed by atoms with Crippen LogP contribution in [-0.2, 0) is 6.42 Å². The number of hydrogen-bond donors (Lipinski definition) is 2. The average molecular weight is 249 g/mol. The minimum atomic E-state index is -0.985. The summed E-state index contributed by atoms with van der Waals surface area (Å²) >= 11 is 0. The van der Waals surface area contributed by atoms with Gasteiger partial charge in [0.2, 0.25) is 0 Å². The Morgan fingerprint density at radius 2 is 2.22 bits per heavy atom. The number of nitrogens with zero attached hydrogens (tertiary/aromatic N) is 2. The van der Waals surface area contributed by atoms with Crippen LogP contribution in [0.3, 0.4) is 0 Å². The molecule has 1 fully saturated rings. The second kappa shape index (κ2) is 5.82. The molecule has 1 aliphatic heterocycles. The van der Waals surface area contributed by atoms with Crippen LogP contribution in [0.15, 0.2) is 18.2 Å². The highest BCUT2D eigenvalue weighted by Crippen LogP contribution is 2.18. The predicted octanol–water partition coefficient (Wildman–Crippen LogP) is 1.74. The van der Waals surface area contributed by atoms with E-state index in [0.29, 0.717) is 11.7 Å². The van der Waals surface area contributed by atoms with Crippen LogP contribution in [0.5, 0.6) is 0 Å². The third kappa shape index (κ3) is 3.20. The van der Waals surface area contributed by atoms with Crippen molar-refractivity contribution >= 4 is 11.9 Å². The van der Waals surface area contributed by atoms with Crippen molar-refractivity contribution in [1.29, 1.82) is 0 Å². The number of aromatic nitrogens is 1. The summed E-state index contributed by atoms with van der Waals surface area (Å²) in [6.07, 6.45) is 2.28. The van der Waals surface area contributed by atoms with Gasteiger partial charge in [0.05, 0.1) is 0 Å². The second-order valence-corrected chi connectivity index (χ2v) is 4.73. The molecular weight excluding hydrogens is 230 g/mol. The molecule has 0 atom stereocenters. The van der Waals surface area contributed by atoms with E-state index >= 15 is 0 Å². The molecule has 0 aromatic carbocycles. The molecule has 0 bridgehead atoms. The Balaban J connectivity index is 2.04. The molecule has 1 aromatic rings. The molecule has 0 unspecified atom stereocenters. The summed E-state index contributed by atoms with van der Waals surface area (Å²) < 4.78 is 0. The van der Waals surface area contributed by atoms with Gasteiger partial charge in [0.15, 0.2) is 0 Å². The molecule has 5 heteroatoms. The lowest BCUT2D eigenvalue weighted by Crippen LogP contribution is -2.29. The molecule has 5 nitrogen and oxygen atoms in total. The van der Waals surface area contributed by atoms with Crippen molar-refractivity contribution < 1.29 is 9.90 Å². The van der Waals surface area contributed by atoms with Crippen LogP contribution >= 0.6 is 0 Å². The zero-order valence-electron chi connectivity index (χ0n) is 10.6. The smallest absolute Gasteiger partial charge is 0.412 e. The topological polar surface area (TPSA) is 65.5 Å². The van der Waals surface area contributed by atoms with Gasteiger partial charge in [-0.15, -0.1) is 0 Å². The van der Waals surface area contributed by atoms with Crippen LogP contribution in [0.25, 0.3) is 0 Å². The van der Waals surface area contributed by atoms with Crippen LogP contribution in [-0.4, -0.2) is 36.3 Å². The first-order valence-electron chi connectivity index (χ1n) is 6.30. The fraction of sp³-hybridized carbons (Fsp3) is 0.538. The normalized spacial score (nSPS) is 16.5. The van der Waals surface area contributed by atoms with Crippen molar-refractivity contribution in [3.63, 3.8) is 0 Å². The number of carboxylic acid groups (broad SMARTS) is 1. The molecule has 0 aliphatic carbocycles. The van der Waals surface area contributed by atoms with Crippen molar-refractivity contribution in [2.24, 2.45) is 5.92 Å². The molecule has 2 heterocycles. The maximum absolute atomic E-state index is 10.9. The van der Waals surface area contributed by atoms with Gasteiger partial charge in [-0.25, -0.2) is 9.78 Å². The number of hydrogen-bond acceptors (Lipinski definition) is 3. The molecule has 0 spiro atoms. The van der Waals surface area contributed by atoms with E-state index in [1.165, 1.54) is 19.9 Å². The van der Waals surface area contributed by atoms with E-state index in [4.69, 9.17) is 5.11 Å². The maximum atomic E-state index is 10.9.